The molecule has 3 aromatic rings. The van der Waals surface area contributed by atoms with E-state index >= 15 is 0 Å². The maximum absolute atomic E-state index is 12.4. The lowest BCUT2D eigenvalue weighted by Crippen LogP contribution is -2.29. The SMILES string of the molecule is CC(=O)N[C@@H](CC(=O)Nc1nc(-c2ccccc2)cs1)c1ccccc1. The number of thiazole rings is 1. The third kappa shape index (κ3) is 4.77. The number of hydrogen-bond acceptors (Lipinski definition) is 4. The second kappa shape index (κ2) is 8.40. The van der Waals surface area contributed by atoms with Crippen molar-refractivity contribution in [3.05, 3.63) is 71.6 Å². The van der Waals surface area contributed by atoms with E-state index in [1.54, 1.807) is 0 Å². The number of rotatable bonds is 6. The molecule has 0 aliphatic heterocycles. The average molecular weight is 365 g/mol. The highest BCUT2D eigenvalue weighted by Gasteiger charge is 2.18. The molecule has 1 heterocycles. The lowest BCUT2D eigenvalue weighted by molar-refractivity contribution is -0.120. The highest BCUT2D eigenvalue weighted by Crippen LogP contribution is 2.25. The fraction of sp³-hybridized carbons (Fsp3) is 0.150. The quantitative estimate of drug-likeness (QED) is 0.693. The second-order valence-corrected chi connectivity index (χ2v) is 6.68. The van der Waals surface area contributed by atoms with Crippen molar-refractivity contribution in [1.29, 1.82) is 0 Å². The van der Waals surface area contributed by atoms with Gasteiger partial charge in [0, 0.05) is 17.9 Å². The molecule has 0 unspecified atom stereocenters. The molecular formula is C20H19N3O2S. The Kier molecular flexibility index (Phi) is 5.76. The van der Waals surface area contributed by atoms with Crippen molar-refractivity contribution in [2.45, 2.75) is 19.4 Å². The van der Waals surface area contributed by atoms with Gasteiger partial charge in [0.25, 0.3) is 0 Å². The minimum atomic E-state index is -0.373. The first kappa shape index (κ1) is 17.8. The molecule has 0 aliphatic carbocycles. The highest BCUT2D eigenvalue weighted by molar-refractivity contribution is 7.14. The smallest absolute Gasteiger partial charge is 0.228 e. The lowest BCUT2D eigenvalue weighted by Gasteiger charge is -2.17. The molecule has 5 nitrogen and oxygen atoms in total. The van der Waals surface area contributed by atoms with E-state index in [0.717, 1.165) is 16.8 Å². The first-order valence-electron chi connectivity index (χ1n) is 8.24. The molecule has 3 rings (SSSR count). The van der Waals surface area contributed by atoms with Crippen molar-refractivity contribution in [1.82, 2.24) is 10.3 Å². The number of nitrogens with one attached hydrogen (secondary N) is 2. The Labute approximate surface area is 156 Å². The number of carbonyl (C=O) groups is 2. The molecule has 132 valence electrons. The van der Waals surface area contributed by atoms with Crippen LogP contribution in [0.5, 0.6) is 0 Å². The van der Waals surface area contributed by atoms with Gasteiger partial charge in [-0.3, -0.25) is 9.59 Å². The summed E-state index contributed by atoms with van der Waals surface area (Å²) in [5.41, 5.74) is 2.72. The summed E-state index contributed by atoms with van der Waals surface area (Å²) < 4.78 is 0. The summed E-state index contributed by atoms with van der Waals surface area (Å²) in [6, 6.07) is 18.9. The van der Waals surface area contributed by atoms with Gasteiger partial charge in [-0.15, -0.1) is 11.3 Å². The molecule has 2 aromatic carbocycles. The molecule has 0 bridgehead atoms. The van der Waals surface area contributed by atoms with Crippen molar-refractivity contribution in [2.75, 3.05) is 5.32 Å². The largest absolute Gasteiger partial charge is 0.349 e. The number of amides is 2. The van der Waals surface area contributed by atoms with Gasteiger partial charge in [0.15, 0.2) is 5.13 Å². The monoisotopic (exact) mass is 365 g/mol. The van der Waals surface area contributed by atoms with Gasteiger partial charge in [-0.1, -0.05) is 60.7 Å². The van der Waals surface area contributed by atoms with E-state index in [2.05, 4.69) is 15.6 Å². The van der Waals surface area contributed by atoms with E-state index in [-0.39, 0.29) is 24.3 Å². The Hall–Kier alpha value is -2.99. The van der Waals surface area contributed by atoms with Crippen LogP contribution < -0.4 is 10.6 Å². The Bertz CT molecular complexity index is 878. The van der Waals surface area contributed by atoms with Crippen LogP contribution in [0.2, 0.25) is 0 Å². The minimum Gasteiger partial charge on any atom is -0.349 e. The van der Waals surface area contributed by atoms with Gasteiger partial charge in [-0.25, -0.2) is 4.98 Å². The minimum absolute atomic E-state index is 0.143. The number of nitrogens with zero attached hydrogens (tertiary/aromatic N) is 1. The fourth-order valence-corrected chi connectivity index (χ4v) is 3.35. The average Bonchev–Trinajstić information content (AvgIpc) is 3.10. The molecule has 2 amide bonds. The van der Waals surface area contributed by atoms with Crippen LogP contribution in [0.1, 0.15) is 24.9 Å². The molecule has 0 fully saturated rings. The zero-order valence-electron chi connectivity index (χ0n) is 14.3. The molecule has 2 N–H and O–H groups in total. The summed E-state index contributed by atoms with van der Waals surface area (Å²) in [4.78, 5) is 28.4. The third-order valence-electron chi connectivity index (χ3n) is 3.79. The highest BCUT2D eigenvalue weighted by atomic mass is 32.1. The third-order valence-corrected chi connectivity index (χ3v) is 4.55. The Morgan fingerprint density at radius 3 is 2.35 bits per heavy atom. The Balaban J connectivity index is 1.67. The van der Waals surface area contributed by atoms with Crippen LogP contribution in [0.15, 0.2) is 66.0 Å². The van der Waals surface area contributed by atoms with Crippen LogP contribution >= 0.6 is 11.3 Å². The molecule has 6 heteroatoms. The Morgan fingerprint density at radius 2 is 1.69 bits per heavy atom. The first-order chi connectivity index (χ1) is 12.6. The van der Waals surface area contributed by atoms with E-state index in [9.17, 15) is 9.59 Å². The topological polar surface area (TPSA) is 71.1 Å². The van der Waals surface area contributed by atoms with Gasteiger partial charge in [-0.2, -0.15) is 0 Å². The van der Waals surface area contributed by atoms with Crippen molar-refractivity contribution in [3.63, 3.8) is 0 Å². The summed E-state index contributed by atoms with van der Waals surface area (Å²) in [5.74, 6) is -0.367. The number of benzene rings is 2. The normalized spacial score (nSPS) is 11.6. The van der Waals surface area contributed by atoms with E-state index < -0.39 is 0 Å². The van der Waals surface area contributed by atoms with Crippen LogP contribution in [0, 0.1) is 0 Å². The molecule has 0 spiro atoms. The summed E-state index contributed by atoms with van der Waals surface area (Å²) >= 11 is 1.38. The maximum atomic E-state index is 12.4. The summed E-state index contributed by atoms with van der Waals surface area (Å²) in [6.07, 6.45) is 0.143. The van der Waals surface area contributed by atoms with E-state index in [4.69, 9.17) is 0 Å². The molecule has 0 aliphatic rings. The van der Waals surface area contributed by atoms with Gasteiger partial charge < -0.3 is 10.6 Å². The summed E-state index contributed by atoms with van der Waals surface area (Å²) in [7, 11) is 0. The molecule has 1 aromatic heterocycles. The number of hydrogen-bond donors (Lipinski definition) is 2. The van der Waals surface area contributed by atoms with Crippen LogP contribution in [-0.2, 0) is 9.59 Å². The van der Waals surface area contributed by atoms with Crippen LogP contribution in [0.3, 0.4) is 0 Å². The van der Waals surface area contributed by atoms with Gasteiger partial charge in [0.05, 0.1) is 18.2 Å². The molecule has 0 saturated heterocycles. The predicted molar refractivity (Wildman–Crippen MR) is 104 cm³/mol. The van der Waals surface area contributed by atoms with Crippen molar-refractivity contribution < 1.29 is 9.59 Å². The number of aromatic nitrogens is 1. The molecule has 0 radical (unpaired) electrons. The number of carbonyl (C=O) groups excluding carboxylic acids is 2. The van der Waals surface area contributed by atoms with Crippen molar-refractivity contribution in [3.8, 4) is 11.3 Å². The molecular weight excluding hydrogens is 346 g/mol. The maximum Gasteiger partial charge on any atom is 0.228 e. The van der Waals surface area contributed by atoms with Crippen LogP contribution in [0.4, 0.5) is 5.13 Å². The summed E-state index contributed by atoms with van der Waals surface area (Å²) in [6.45, 7) is 1.45. The van der Waals surface area contributed by atoms with Gasteiger partial charge in [-0.05, 0) is 5.56 Å². The second-order valence-electron chi connectivity index (χ2n) is 5.82. The lowest BCUT2D eigenvalue weighted by atomic mass is 10.0. The first-order valence-corrected chi connectivity index (χ1v) is 9.12. The van der Waals surface area contributed by atoms with Crippen molar-refractivity contribution >= 4 is 28.3 Å². The summed E-state index contributed by atoms with van der Waals surface area (Å²) in [5, 5.41) is 8.10. The van der Waals surface area contributed by atoms with E-state index in [1.807, 2.05) is 66.0 Å². The number of anilines is 1. The standard InChI is InChI=1S/C20H19N3O2S/c1-14(24)21-17(15-8-4-2-5-9-15)12-19(25)23-20-22-18(13-26-20)16-10-6-3-7-11-16/h2-11,13,17H,12H2,1H3,(H,21,24)(H,22,23,25)/t17-/m0/s1. The molecule has 26 heavy (non-hydrogen) atoms. The van der Waals surface area contributed by atoms with Gasteiger partial charge >= 0.3 is 0 Å². The zero-order chi connectivity index (χ0) is 18.4. The zero-order valence-corrected chi connectivity index (χ0v) is 15.1. The fourth-order valence-electron chi connectivity index (χ4n) is 2.61. The van der Waals surface area contributed by atoms with Gasteiger partial charge in [0.1, 0.15) is 0 Å². The van der Waals surface area contributed by atoms with Crippen molar-refractivity contribution in [2.24, 2.45) is 0 Å². The van der Waals surface area contributed by atoms with Crippen LogP contribution in [-0.4, -0.2) is 16.8 Å². The van der Waals surface area contributed by atoms with Crippen LogP contribution in [0.25, 0.3) is 11.3 Å². The Morgan fingerprint density at radius 1 is 1.04 bits per heavy atom. The van der Waals surface area contributed by atoms with E-state index in [0.29, 0.717) is 5.13 Å². The predicted octanol–water partition coefficient (Wildman–Crippen LogP) is 4.02. The molecule has 1 atom stereocenters. The van der Waals surface area contributed by atoms with Gasteiger partial charge in [0.2, 0.25) is 11.8 Å². The molecule has 0 saturated carbocycles. The van der Waals surface area contributed by atoms with E-state index in [1.165, 1.54) is 18.3 Å².